The highest BCUT2D eigenvalue weighted by atomic mass is 79.9. The molecule has 1 N–H and O–H groups in total. The van der Waals surface area contributed by atoms with E-state index in [-0.39, 0.29) is 5.97 Å². The van der Waals surface area contributed by atoms with Gasteiger partial charge in [0.25, 0.3) is 5.97 Å². The number of nitrogens with one attached hydrogen (secondary N) is 1. The summed E-state index contributed by atoms with van der Waals surface area (Å²) in [6.45, 7) is 21.4. The van der Waals surface area contributed by atoms with E-state index in [0.717, 1.165) is 20.6 Å². The molecule has 10 heteroatoms. The van der Waals surface area contributed by atoms with E-state index in [9.17, 15) is 0 Å². The van der Waals surface area contributed by atoms with E-state index in [1.807, 2.05) is 79.7 Å². The van der Waals surface area contributed by atoms with Gasteiger partial charge in [0.05, 0.1) is 34.7 Å². The Morgan fingerprint density at radius 3 is 1.28 bits per heavy atom. The van der Waals surface area contributed by atoms with Gasteiger partial charge in [-0.3, -0.25) is 14.4 Å². The van der Waals surface area contributed by atoms with E-state index < -0.39 is 48.9 Å². The summed E-state index contributed by atoms with van der Waals surface area (Å²) >= 11 is 3.62. The molecule has 0 aliphatic rings. The van der Waals surface area contributed by atoms with Crippen LogP contribution in [0.3, 0.4) is 0 Å². The summed E-state index contributed by atoms with van der Waals surface area (Å²) in [4.78, 5) is 15.5. The highest BCUT2D eigenvalue weighted by molar-refractivity contribution is 9.10. The van der Waals surface area contributed by atoms with E-state index in [1.54, 1.807) is 0 Å². The molecular formula is C40H65BrNO3PSi4. The predicted molar refractivity (Wildman–Crippen MR) is 232 cm³/mol. The average Bonchev–Trinajstić information content (AvgIpc) is 3.17. The van der Waals surface area contributed by atoms with Crippen molar-refractivity contribution in [2.45, 2.75) is 130 Å². The minimum atomic E-state index is -3.38. The van der Waals surface area contributed by atoms with Gasteiger partial charge in [0.1, 0.15) is 0 Å². The van der Waals surface area contributed by atoms with Crippen molar-refractivity contribution in [3.05, 3.63) is 95.0 Å². The number of hydrogen-bond donors (Lipinski definition) is 1. The largest absolute Gasteiger partial charge is 0.527 e. The number of hydrogen-bond acceptors (Lipinski definition) is 3. The Balaban J connectivity index is 2.37. The van der Waals surface area contributed by atoms with Crippen LogP contribution in [-0.4, -0.2) is 35.6 Å². The lowest BCUT2D eigenvalue weighted by molar-refractivity contribution is -0.139. The number of rotatable bonds is 20. The van der Waals surface area contributed by atoms with Crippen molar-refractivity contribution in [1.82, 2.24) is 5.09 Å². The first-order valence-corrected chi connectivity index (χ1v) is 34.6. The van der Waals surface area contributed by atoms with Gasteiger partial charge < -0.3 is 4.43 Å². The van der Waals surface area contributed by atoms with E-state index in [4.69, 9.17) is 4.43 Å². The van der Waals surface area contributed by atoms with Gasteiger partial charge in [-0.1, -0.05) is 188 Å². The van der Waals surface area contributed by atoms with Gasteiger partial charge >= 0.3 is 0 Å². The molecule has 4 nitrogen and oxygen atoms in total. The Hall–Kier alpha value is -1.33. The van der Waals surface area contributed by atoms with Crippen LogP contribution in [0.2, 0.25) is 54.4 Å². The molecule has 0 spiro atoms. The maximum atomic E-state index is 15.5. The Morgan fingerprint density at radius 2 is 0.960 bits per heavy atom. The van der Waals surface area contributed by atoms with Gasteiger partial charge in [-0.2, -0.15) is 0 Å². The van der Waals surface area contributed by atoms with Gasteiger partial charge in [-0.15, -0.1) is 0 Å². The molecule has 0 amide bonds. The molecule has 3 aromatic carbocycles. The Bertz CT molecular complexity index is 1410. The second-order valence-corrected chi connectivity index (χ2v) is 53.8. The van der Waals surface area contributed by atoms with Crippen LogP contribution in [0, 0.1) is 5.92 Å². The molecule has 2 atom stereocenters. The van der Waals surface area contributed by atoms with Crippen LogP contribution in [0.1, 0.15) is 80.8 Å². The van der Waals surface area contributed by atoms with Gasteiger partial charge in [-0.25, -0.2) is 0 Å². The zero-order chi connectivity index (χ0) is 37.2. The number of halogens is 1. The highest BCUT2D eigenvalue weighted by Crippen LogP contribution is 2.52. The summed E-state index contributed by atoms with van der Waals surface area (Å²) in [6.07, 6.45) is 0. The zero-order valence-electron chi connectivity index (χ0n) is 32.7. The summed E-state index contributed by atoms with van der Waals surface area (Å²) < 4.78 is 24.4. The van der Waals surface area contributed by atoms with Crippen LogP contribution in [0.15, 0.2) is 89.4 Å². The summed E-state index contributed by atoms with van der Waals surface area (Å²) in [6, 6.07) is 37.9. The number of carbonyl (C=O) groups excluding carboxylic acids is 1. The van der Waals surface area contributed by atoms with Gasteiger partial charge in [0, 0.05) is 15.1 Å². The molecule has 3 aromatic rings. The lowest BCUT2D eigenvalue weighted by Gasteiger charge is -2.63. The quantitative estimate of drug-likeness (QED) is 0.0910. The predicted octanol–water partition coefficient (Wildman–Crippen LogP) is 11.9. The number of benzene rings is 3. The molecule has 2 unspecified atom stereocenters. The maximum absolute atomic E-state index is 15.5. The molecule has 0 bridgehead atoms. The maximum Gasteiger partial charge on any atom is 0.296 e. The lowest BCUT2D eigenvalue weighted by Crippen LogP contribution is -2.90. The van der Waals surface area contributed by atoms with Crippen molar-refractivity contribution >= 4 is 69.4 Å². The Morgan fingerprint density at radius 1 is 0.620 bits per heavy atom. The third-order valence-corrected chi connectivity index (χ3v) is 86.2. The lowest BCUT2D eigenvalue weighted by atomic mass is 9.96. The molecule has 0 radical (unpaired) electrons. The SMILES string of the molecule is CC[Si](CC)(CC)[Si](OC(=O)C(C)C(NP(=O)(c1ccccc1)c1ccccc1)c1ccc(Br)cc1)([Si](CC)(CC)CC)[Si](CC)(CC)CC. The smallest absolute Gasteiger partial charge is 0.296 e. The first-order chi connectivity index (χ1) is 23.9. The molecule has 50 heavy (non-hydrogen) atoms. The van der Waals surface area contributed by atoms with Crippen molar-refractivity contribution in [3.8, 4) is 0 Å². The second kappa shape index (κ2) is 18.6. The van der Waals surface area contributed by atoms with Crippen LogP contribution in [-0.2, 0) is 13.8 Å². The van der Waals surface area contributed by atoms with Crippen molar-refractivity contribution in [2.24, 2.45) is 5.92 Å². The normalized spacial score (nSPS) is 14.3. The van der Waals surface area contributed by atoms with Gasteiger partial charge in [0.15, 0.2) is 0 Å². The second-order valence-electron chi connectivity index (χ2n) is 14.4. The topological polar surface area (TPSA) is 55.4 Å². The summed E-state index contributed by atoms with van der Waals surface area (Å²) in [5.74, 6) is -0.605. The molecular weight excluding hydrogens is 766 g/mol. The minimum absolute atomic E-state index is 0.0589. The third kappa shape index (κ3) is 7.67. The van der Waals surface area contributed by atoms with Crippen molar-refractivity contribution < 1.29 is 13.8 Å². The molecule has 276 valence electrons. The first-order valence-electron chi connectivity index (χ1n) is 19.4. The van der Waals surface area contributed by atoms with Crippen molar-refractivity contribution in [2.75, 3.05) is 0 Å². The molecule has 0 fully saturated rings. The van der Waals surface area contributed by atoms with Crippen LogP contribution < -0.4 is 15.7 Å². The highest BCUT2D eigenvalue weighted by Gasteiger charge is 2.74. The average molecular weight is 831 g/mol. The summed E-state index contributed by atoms with van der Waals surface area (Å²) in [7, 11) is -9.50. The molecule has 0 saturated heterocycles. The fourth-order valence-corrected chi connectivity index (χ4v) is 112. The molecule has 3 rings (SSSR count). The molecule has 0 aliphatic carbocycles. The van der Waals surface area contributed by atoms with Gasteiger partial charge in [0.2, 0.25) is 14.2 Å². The van der Waals surface area contributed by atoms with E-state index in [0.29, 0.717) is 0 Å². The van der Waals surface area contributed by atoms with E-state index in [2.05, 4.69) is 95.5 Å². The van der Waals surface area contributed by atoms with Crippen molar-refractivity contribution in [3.63, 3.8) is 0 Å². The van der Waals surface area contributed by atoms with E-state index >= 15 is 9.36 Å². The Kier molecular flexibility index (Phi) is 16.0. The fourth-order valence-electron chi connectivity index (χ4n) is 9.80. The van der Waals surface area contributed by atoms with Gasteiger partial charge in [-0.05, 0) is 42.0 Å². The monoisotopic (exact) mass is 829 g/mol. The Labute approximate surface area is 317 Å². The molecule has 0 aliphatic heterocycles. The fraction of sp³-hybridized carbons (Fsp3) is 0.525. The van der Waals surface area contributed by atoms with E-state index in [1.165, 1.54) is 54.4 Å². The standard InChI is InChI=1S/C40H65BrNO3PSi4/c1-11-47(12-2,13-3)50(48(14-4,15-5)16-6,49(17-7,18-8)19-9)45-40(43)34(10)39(35-30-32-36(41)33-31-35)42-46(44,37-26-22-20-23-27-37)38-28-24-21-25-29-38/h20-34,39H,11-19H2,1-10H3,(H,42,44). The molecule has 0 aromatic heterocycles. The summed E-state index contributed by atoms with van der Waals surface area (Å²) in [5.41, 5.74) is 0.942. The molecule has 0 saturated carbocycles. The summed E-state index contributed by atoms with van der Waals surface area (Å²) in [5, 5.41) is 5.16. The molecule has 0 heterocycles. The minimum Gasteiger partial charge on any atom is -0.527 e. The van der Waals surface area contributed by atoms with Crippen LogP contribution in [0.4, 0.5) is 0 Å². The third-order valence-electron chi connectivity index (χ3n) is 13.2. The zero-order valence-corrected chi connectivity index (χ0v) is 39.1. The number of carbonyl (C=O) groups is 1. The van der Waals surface area contributed by atoms with Crippen molar-refractivity contribution in [1.29, 1.82) is 0 Å². The first kappa shape index (κ1) is 43.1. The van der Waals surface area contributed by atoms with Crippen LogP contribution >= 0.6 is 23.2 Å². The van der Waals surface area contributed by atoms with Crippen LogP contribution in [0.5, 0.6) is 0 Å². The van der Waals surface area contributed by atoms with Crippen LogP contribution in [0.25, 0.3) is 0 Å².